The van der Waals surface area contributed by atoms with Crippen LogP contribution in [-0.4, -0.2) is 9.72 Å². The SMILES string of the molecule is Cn1c(-c2oncc2N)cc2cc(Br)ccc21. The van der Waals surface area contributed by atoms with Crippen LogP contribution in [0, 0.1) is 0 Å². The molecule has 2 N–H and O–H groups in total. The second-order valence-corrected chi connectivity index (χ2v) is 4.82. The third kappa shape index (κ3) is 1.54. The van der Waals surface area contributed by atoms with Crippen molar-refractivity contribution in [1.82, 2.24) is 9.72 Å². The van der Waals surface area contributed by atoms with E-state index in [1.807, 2.05) is 23.7 Å². The number of aryl methyl sites for hydroxylation is 1. The second-order valence-electron chi connectivity index (χ2n) is 3.90. The quantitative estimate of drug-likeness (QED) is 0.749. The molecule has 0 saturated heterocycles. The van der Waals surface area contributed by atoms with Crippen LogP contribution in [0.3, 0.4) is 0 Å². The summed E-state index contributed by atoms with van der Waals surface area (Å²) in [6, 6.07) is 8.16. The van der Waals surface area contributed by atoms with Crippen LogP contribution < -0.4 is 5.73 Å². The lowest BCUT2D eigenvalue weighted by molar-refractivity contribution is 0.430. The molecule has 2 heterocycles. The van der Waals surface area contributed by atoms with Gasteiger partial charge in [0.2, 0.25) is 5.76 Å². The summed E-state index contributed by atoms with van der Waals surface area (Å²) in [5, 5.41) is 4.84. The number of nitrogen functional groups attached to an aromatic ring is 1. The third-order valence-electron chi connectivity index (χ3n) is 2.84. The molecule has 0 radical (unpaired) electrons. The number of benzene rings is 1. The molecule has 0 saturated carbocycles. The minimum absolute atomic E-state index is 0.551. The van der Waals surface area contributed by atoms with Crippen molar-refractivity contribution in [1.29, 1.82) is 0 Å². The van der Waals surface area contributed by atoms with E-state index in [1.54, 1.807) is 0 Å². The fourth-order valence-electron chi connectivity index (χ4n) is 1.98. The molecule has 17 heavy (non-hydrogen) atoms. The molecule has 0 bridgehead atoms. The summed E-state index contributed by atoms with van der Waals surface area (Å²) in [4.78, 5) is 0. The van der Waals surface area contributed by atoms with Crippen molar-refractivity contribution in [3.63, 3.8) is 0 Å². The summed E-state index contributed by atoms with van der Waals surface area (Å²) >= 11 is 3.46. The molecule has 2 aromatic heterocycles. The Bertz CT molecular complexity index is 699. The van der Waals surface area contributed by atoms with Crippen molar-refractivity contribution in [3.8, 4) is 11.5 Å². The number of anilines is 1. The van der Waals surface area contributed by atoms with Crippen LogP contribution in [0.1, 0.15) is 0 Å². The molecular weight excluding hydrogens is 282 g/mol. The fourth-order valence-corrected chi connectivity index (χ4v) is 2.36. The highest BCUT2D eigenvalue weighted by molar-refractivity contribution is 9.10. The lowest BCUT2D eigenvalue weighted by Crippen LogP contribution is -1.92. The van der Waals surface area contributed by atoms with Crippen LogP contribution in [0.4, 0.5) is 5.69 Å². The molecule has 0 aliphatic carbocycles. The molecule has 0 atom stereocenters. The summed E-state index contributed by atoms with van der Waals surface area (Å²) in [5.74, 6) is 0.611. The van der Waals surface area contributed by atoms with Crippen molar-refractivity contribution in [3.05, 3.63) is 34.9 Å². The van der Waals surface area contributed by atoms with Gasteiger partial charge in [-0.05, 0) is 24.3 Å². The van der Waals surface area contributed by atoms with E-state index >= 15 is 0 Å². The van der Waals surface area contributed by atoms with Crippen LogP contribution in [0.15, 0.2) is 39.5 Å². The maximum absolute atomic E-state index is 5.81. The van der Waals surface area contributed by atoms with E-state index < -0.39 is 0 Å². The van der Waals surface area contributed by atoms with E-state index in [1.165, 1.54) is 6.20 Å². The number of nitrogens with two attached hydrogens (primary N) is 1. The highest BCUT2D eigenvalue weighted by atomic mass is 79.9. The highest BCUT2D eigenvalue weighted by Gasteiger charge is 2.14. The number of halogens is 1. The zero-order valence-electron chi connectivity index (χ0n) is 9.14. The van der Waals surface area contributed by atoms with Crippen LogP contribution in [0.2, 0.25) is 0 Å². The van der Waals surface area contributed by atoms with Gasteiger partial charge in [-0.1, -0.05) is 21.1 Å². The standard InChI is InChI=1S/C12H10BrN3O/c1-16-10-3-2-8(13)4-7(10)5-11(16)12-9(14)6-15-17-12/h2-6H,14H2,1H3. The van der Waals surface area contributed by atoms with Crippen molar-refractivity contribution < 1.29 is 4.52 Å². The Morgan fingerprint density at radius 3 is 2.88 bits per heavy atom. The van der Waals surface area contributed by atoms with E-state index in [9.17, 15) is 0 Å². The first kappa shape index (κ1) is 10.4. The van der Waals surface area contributed by atoms with E-state index in [-0.39, 0.29) is 0 Å². The van der Waals surface area contributed by atoms with E-state index in [0.717, 1.165) is 21.1 Å². The van der Waals surface area contributed by atoms with Gasteiger partial charge < -0.3 is 14.8 Å². The molecule has 1 aromatic carbocycles. The Morgan fingerprint density at radius 1 is 1.35 bits per heavy atom. The first-order chi connectivity index (χ1) is 8.16. The van der Waals surface area contributed by atoms with Gasteiger partial charge in [0, 0.05) is 22.4 Å². The zero-order chi connectivity index (χ0) is 12.0. The average molecular weight is 292 g/mol. The van der Waals surface area contributed by atoms with Crippen molar-refractivity contribution in [2.75, 3.05) is 5.73 Å². The Balaban J connectivity index is 2.31. The molecule has 3 aromatic rings. The van der Waals surface area contributed by atoms with Crippen LogP contribution in [-0.2, 0) is 7.05 Å². The molecule has 0 aliphatic rings. The highest BCUT2D eigenvalue weighted by Crippen LogP contribution is 2.31. The second kappa shape index (κ2) is 3.63. The van der Waals surface area contributed by atoms with E-state index in [4.69, 9.17) is 10.3 Å². The maximum atomic E-state index is 5.81. The molecular formula is C12H10BrN3O. The van der Waals surface area contributed by atoms with Crippen molar-refractivity contribution in [2.45, 2.75) is 0 Å². The number of rotatable bonds is 1. The molecule has 0 spiro atoms. The molecule has 0 amide bonds. The number of hydrogen-bond acceptors (Lipinski definition) is 3. The van der Waals surface area contributed by atoms with Crippen LogP contribution in [0.25, 0.3) is 22.4 Å². The van der Waals surface area contributed by atoms with Gasteiger partial charge in [0.05, 0.1) is 11.9 Å². The summed E-state index contributed by atoms with van der Waals surface area (Å²) in [7, 11) is 1.98. The Hall–Kier alpha value is -1.75. The Morgan fingerprint density at radius 2 is 2.18 bits per heavy atom. The normalized spacial score (nSPS) is 11.2. The summed E-state index contributed by atoms with van der Waals surface area (Å²) in [5.41, 5.74) is 8.41. The number of aromatic nitrogens is 2. The maximum Gasteiger partial charge on any atom is 0.206 e. The van der Waals surface area contributed by atoms with Crippen LogP contribution >= 0.6 is 15.9 Å². The lowest BCUT2D eigenvalue weighted by atomic mass is 10.2. The summed E-state index contributed by atoms with van der Waals surface area (Å²) in [6.45, 7) is 0. The van der Waals surface area contributed by atoms with Gasteiger partial charge in [-0.3, -0.25) is 0 Å². The molecule has 3 rings (SSSR count). The van der Waals surface area contributed by atoms with Gasteiger partial charge in [0.25, 0.3) is 0 Å². The number of nitrogens with zero attached hydrogens (tertiary/aromatic N) is 2. The van der Waals surface area contributed by atoms with E-state index in [2.05, 4.69) is 33.2 Å². The first-order valence-corrected chi connectivity index (χ1v) is 5.91. The molecule has 86 valence electrons. The van der Waals surface area contributed by atoms with Crippen molar-refractivity contribution in [2.24, 2.45) is 7.05 Å². The first-order valence-electron chi connectivity index (χ1n) is 5.12. The van der Waals surface area contributed by atoms with Crippen molar-refractivity contribution >= 4 is 32.5 Å². The largest absolute Gasteiger partial charge is 0.394 e. The predicted molar refractivity (Wildman–Crippen MR) is 70.5 cm³/mol. The molecule has 0 fully saturated rings. The minimum atomic E-state index is 0.551. The monoisotopic (exact) mass is 291 g/mol. The molecule has 0 aliphatic heterocycles. The van der Waals surface area contributed by atoms with Gasteiger partial charge in [-0.2, -0.15) is 0 Å². The topological polar surface area (TPSA) is 57.0 Å². The average Bonchev–Trinajstić information content (AvgIpc) is 2.83. The predicted octanol–water partition coefficient (Wildman–Crippen LogP) is 3.18. The van der Waals surface area contributed by atoms with Gasteiger partial charge in [0.15, 0.2) is 0 Å². The molecule has 5 heteroatoms. The third-order valence-corrected chi connectivity index (χ3v) is 3.33. The summed E-state index contributed by atoms with van der Waals surface area (Å²) < 4.78 is 8.27. The summed E-state index contributed by atoms with van der Waals surface area (Å²) in [6.07, 6.45) is 1.52. The molecule has 0 unspecified atom stereocenters. The molecule has 4 nitrogen and oxygen atoms in total. The smallest absolute Gasteiger partial charge is 0.206 e. The van der Waals surface area contributed by atoms with Gasteiger partial charge in [-0.25, -0.2) is 0 Å². The van der Waals surface area contributed by atoms with Gasteiger partial charge >= 0.3 is 0 Å². The fraction of sp³-hybridized carbons (Fsp3) is 0.0833. The van der Waals surface area contributed by atoms with Gasteiger partial charge in [0.1, 0.15) is 5.69 Å². The zero-order valence-corrected chi connectivity index (χ0v) is 10.7. The lowest BCUT2D eigenvalue weighted by Gasteiger charge is -2.01. The van der Waals surface area contributed by atoms with Crippen LogP contribution in [0.5, 0.6) is 0 Å². The number of hydrogen-bond donors (Lipinski definition) is 1. The Labute approximate surface area is 106 Å². The van der Waals surface area contributed by atoms with Gasteiger partial charge in [-0.15, -0.1) is 0 Å². The number of fused-ring (bicyclic) bond motifs is 1. The Kier molecular flexibility index (Phi) is 2.22. The minimum Gasteiger partial charge on any atom is -0.394 e. The van der Waals surface area contributed by atoms with E-state index in [0.29, 0.717) is 11.4 Å².